The molecule has 1 aromatic rings. The summed E-state index contributed by atoms with van der Waals surface area (Å²) >= 11 is 7.44. The quantitative estimate of drug-likeness (QED) is 0.696. The molecule has 0 fully saturated rings. The highest BCUT2D eigenvalue weighted by molar-refractivity contribution is 7.16. The van der Waals surface area contributed by atoms with Crippen LogP contribution in [0.5, 0.6) is 0 Å². The summed E-state index contributed by atoms with van der Waals surface area (Å²) in [7, 11) is 0. The molecule has 0 radical (unpaired) electrons. The van der Waals surface area contributed by atoms with Crippen LogP contribution >= 0.6 is 22.9 Å². The minimum Gasteiger partial charge on any atom is -0.287 e. The Hall–Kier alpha value is -0.490. The normalized spacial score (nSPS) is 10.3. The van der Waals surface area contributed by atoms with E-state index in [1.54, 1.807) is 11.3 Å². The van der Waals surface area contributed by atoms with Gasteiger partial charge in [-0.1, -0.05) is 24.4 Å². The predicted molar refractivity (Wildman–Crippen MR) is 59.1 cm³/mol. The van der Waals surface area contributed by atoms with Crippen LogP contribution in [0.2, 0.25) is 4.34 Å². The summed E-state index contributed by atoms with van der Waals surface area (Å²) in [5.74, 6) is 2.64. The van der Waals surface area contributed by atoms with E-state index in [-0.39, 0.29) is 0 Å². The van der Waals surface area contributed by atoms with Gasteiger partial charge in [-0.15, -0.1) is 17.8 Å². The molecule has 0 aliphatic rings. The predicted octanol–water partition coefficient (Wildman–Crippen LogP) is 2.86. The first-order chi connectivity index (χ1) is 6.26. The highest BCUT2D eigenvalue weighted by Gasteiger charge is 2.03. The van der Waals surface area contributed by atoms with E-state index in [0.29, 0.717) is 6.54 Å². The molecular formula is C10H12ClNS. The summed E-state index contributed by atoms with van der Waals surface area (Å²) in [5.41, 5.74) is 0. The fraction of sp³-hybridized carbons (Fsp3) is 0.400. The number of rotatable bonds is 4. The second-order valence-electron chi connectivity index (χ2n) is 2.71. The van der Waals surface area contributed by atoms with Gasteiger partial charge in [0.15, 0.2) is 0 Å². The van der Waals surface area contributed by atoms with Crippen molar-refractivity contribution < 1.29 is 0 Å². The van der Waals surface area contributed by atoms with Gasteiger partial charge in [-0.25, -0.2) is 0 Å². The molecule has 3 heteroatoms. The summed E-state index contributed by atoms with van der Waals surface area (Å²) in [5, 5.41) is 0. The van der Waals surface area contributed by atoms with Gasteiger partial charge in [0.25, 0.3) is 0 Å². The first kappa shape index (κ1) is 10.6. The van der Waals surface area contributed by atoms with Crippen LogP contribution in [-0.4, -0.2) is 18.0 Å². The molecule has 0 bridgehead atoms. The standard InChI is InChI=1S/C10H12ClNS/c1-3-7-12(4-2)8-9-5-6-10(11)13-9/h1,5-6H,4,7-8H2,2H3. The van der Waals surface area contributed by atoms with Crippen molar-refractivity contribution in [3.8, 4) is 12.3 Å². The molecule has 0 unspecified atom stereocenters. The number of thiophene rings is 1. The molecule has 1 aromatic heterocycles. The molecular weight excluding hydrogens is 202 g/mol. The summed E-state index contributed by atoms with van der Waals surface area (Å²) in [6.45, 7) is 4.68. The lowest BCUT2D eigenvalue weighted by Gasteiger charge is -2.15. The molecule has 13 heavy (non-hydrogen) atoms. The molecule has 0 amide bonds. The fourth-order valence-electron chi connectivity index (χ4n) is 1.07. The molecule has 0 aromatic carbocycles. The van der Waals surface area contributed by atoms with E-state index in [4.69, 9.17) is 18.0 Å². The Morgan fingerprint density at radius 3 is 2.85 bits per heavy atom. The molecule has 0 spiro atoms. The molecule has 0 N–H and O–H groups in total. The van der Waals surface area contributed by atoms with Crippen LogP contribution in [0, 0.1) is 12.3 Å². The van der Waals surface area contributed by atoms with Gasteiger partial charge in [0.2, 0.25) is 0 Å². The summed E-state index contributed by atoms with van der Waals surface area (Å²) in [6, 6.07) is 3.97. The van der Waals surface area contributed by atoms with Crippen LogP contribution in [0.15, 0.2) is 12.1 Å². The Kier molecular flexibility index (Phi) is 4.31. The molecule has 0 aliphatic heterocycles. The lowest BCUT2D eigenvalue weighted by molar-refractivity contribution is 0.319. The second-order valence-corrected chi connectivity index (χ2v) is 4.51. The summed E-state index contributed by atoms with van der Waals surface area (Å²) < 4.78 is 0.840. The van der Waals surface area contributed by atoms with Gasteiger partial charge in [0.05, 0.1) is 10.9 Å². The van der Waals surface area contributed by atoms with E-state index in [9.17, 15) is 0 Å². The van der Waals surface area contributed by atoms with Crippen molar-refractivity contribution >= 4 is 22.9 Å². The Morgan fingerprint density at radius 1 is 1.62 bits per heavy atom. The van der Waals surface area contributed by atoms with Crippen molar-refractivity contribution in [2.24, 2.45) is 0 Å². The van der Waals surface area contributed by atoms with Crippen LogP contribution in [-0.2, 0) is 6.54 Å². The molecule has 0 aliphatic carbocycles. The van der Waals surface area contributed by atoms with Crippen molar-refractivity contribution in [1.82, 2.24) is 4.90 Å². The van der Waals surface area contributed by atoms with Crippen molar-refractivity contribution in [1.29, 1.82) is 0 Å². The van der Waals surface area contributed by atoms with Gasteiger partial charge < -0.3 is 0 Å². The Balaban J connectivity index is 2.52. The van der Waals surface area contributed by atoms with Gasteiger partial charge in [0.1, 0.15) is 0 Å². The third kappa shape index (κ3) is 3.40. The van der Waals surface area contributed by atoms with E-state index in [1.165, 1.54) is 4.88 Å². The van der Waals surface area contributed by atoms with Gasteiger partial charge >= 0.3 is 0 Å². The third-order valence-corrected chi connectivity index (χ3v) is 2.99. The number of hydrogen-bond acceptors (Lipinski definition) is 2. The zero-order valence-electron chi connectivity index (χ0n) is 7.59. The molecule has 1 nitrogen and oxygen atoms in total. The molecule has 70 valence electrons. The van der Waals surface area contributed by atoms with Gasteiger partial charge in [-0.3, -0.25) is 4.90 Å². The monoisotopic (exact) mass is 213 g/mol. The maximum absolute atomic E-state index is 5.82. The topological polar surface area (TPSA) is 3.24 Å². The number of halogens is 1. The van der Waals surface area contributed by atoms with Crippen LogP contribution in [0.3, 0.4) is 0 Å². The van der Waals surface area contributed by atoms with Gasteiger partial charge in [0, 0.05) is 11.4 Å². The number of nitrogens with zero attached hydrogens (tertiary/aromatic N) is 1. The first-order valence-corrected chi connectivity index (χ1v) is 5.35. The van der Waals surface area contributed by atoms with E-state index in [1.807, 2.05) is 12.1 Å². The molecule has 0 saturated carbocycles. The smallest absolute Gasteiger partial charge is 0.0931 e. The zero-order chi connectivity index (χ0) is 9.68. The molecule has 0 saturated heterocycles. The van der Waals surface area contributed by atoms with E-state index < -0.39 is 0 Å². The highest BCUT2D eigenvalue weighted by atomic mass is 35.5. The van der Waals surface area contributed by atoms with Crippen LogP contribution in [0.25, 0.3) is 0 Å². The number of hydrogen-bond donors (Lipinski definition) is 0. The second kappa shape index (κ2) is 5.29. The van der Waals surface area contributed by atoms with Gasteiger partial charge in [-0.2, -0.15) is 0 Å². The van der Waals surface area contributed by atoms with Crippen molar-refractivity contribution in [2.75, 3.05) is 13.1 Å². The highest BCUT2D eigenvalue weighted by Crippen LogP contribution is 2.22. The summed E-state index contributed by atoms with van der Waals surface area (Å²) in [4.78, 5) is 3.46. The fourth-order valence-corrected chi connectivity index (χ4v) is 2.20. The Morgan fingerprint density at radius 2 is 2.38 bits per heavy atom. The average Bonchev–Trinajstić information content (AvgIpc) is 2.50. The largest absolute Gasteiger partial charge is 0.287 e. The van der Waals surface area contributed by atoms with Gasteiger partial charge in [-0.05, 0) is 18.7 Å². The van der Waals surface area contributed by atoms with Crippen LogP contribution in [0.4, 0.5) is 0 Å². The van der Waals surface area contributed by atoms with Crippen molar-refractivity contribution in [3.63, 3.8) is 0 Å². The molecule has 0 atom stereocenters. The molecule has 1 heterocycles. The zero-order valence-corrected chi connectivity index (χ0v) is 9.16. The van der Waals surface area contributed by atoms with E-state index >= 15 is 0 Å². The maximum atomic E-state index is 5.82. The Bertz CT molecular complexity index is 300. The number of terminal acetylenes is 1. The lowest BCUT2D eigenvalue weighted by atomic mass is 10.4. The first-order valence-electron chi connectivity index (χ1n) is 4.16. The third-order valence-electron chi connectivity index (χ3n) is 1.77. The minimum absolute atomic E-state index is 0.700. The van der Waals surface area contributed by atoms with E-state index in [0.717, 1.165) is 17.4 Å². The van der Waals surface area contributed by atoms with Crippen molar-refractivity contribution in [3.05, 3.63) is 21.3 Å². The summed E-state index contributed by atoms with van der Waals surface area (Å²) in [6.07, 6.45) is 5.25. The maximum Gasteiger partial charge on any atom is 0.0931 e. The SMILES string of the molecule is C#CCN(CC)Cc1ccc(Cl)s1. The minimum atomic E-state index is 0.700. The lowest BCUT2D eigenvalue weighted by Crippen LogP contribution is -2.22. The average molecular weight is 214 g/mol. The van der Waals surface area contributed by atoms with Crippen LogP contribution in [0.1, 0.15) is 11.8 Å². The van der Waals surface area contributed by atoms with Crippen LogP contribution < -0.4 is 0 Å². The van der Waals surface area contributed by atoms with E-state index in [2.05, 4.69) is 17.7 Å². The van der Waals surface area contributed by atoms with Crippen molar-refractivity contribution in [2.45, 2.75) is 13.5 Å². The Labute approximate surface area is 88.3 Å². The molecule has 1 rings (SSSR count).